The van der Waals surface area contributed by atoms with E-state index in [1.165, 1.54) is 135 Å². The molecule has 12 nitrogen and oxygen atoms in total. The Hall–Kier alpha value is 1.26. The molecule has 0 N–H and O–H groups in total. The molecular weight excluding hydrogens is 1050 g/mol. The molecule has 21 unspecified atom stereocenters. The van der Waals surface area contributed by atoms with Gasteiger partial charge in [-0.2, -0.15) is 0 Å². The lowest BCUT2D eigenvalue weighted by molar-refractivity contribution is -0.0540. The summed E-state index contributed by atoms with van der Waals surface area (Å²) in [6, 6.07) is 0.705. The van der Waals surface area contributed by atoms with Crippen molar-refractivity contribution in [3.8, 4) is 0 Å². The minimum atomic E-state index is -4.04. The maximum Gasteiger partial charge on any atom is 0.482 e. The van der Waals surface area contributed by atoms with E-state index in [9.17, 15) is 0 Å². The van der Waals surface area contributed by atoms with Crippen LogP contribution in [-0.2, 0) is 49.4 Å². The van der Waals surface area contributed by atoms with E-state index in [-0.39, 0.29) is 38.8 Å². The molecule has 20 rings (SSSR count). The molecule has 0 radical (unpaired) electrons. The van der Waals surface area contributed by atoms with Crippen LogP contribution >= 0.6 is 0 Å². The third-order valence-electron chi connectivity index (χ3n) is 26.6. The topological polar surface area (TPSA) is 111 Å². The smallest absolute Gasteiger partial charge is 0.373 e. The lowest BCUT2D eigenvalue weighted by atomic mass is 10.0. The van der Waals surface area contributed by atoms with E-state index in [2.05, 4.69) is 6.92 Å². The van der Waals surface area contributed by atoms with Crippen molar-refractivity contribution < 1.29 is 49.4 Å². The summed E-state index contributed by atoms with van der Waals surface area (Å²) in [5, 5.41) is 0. The number of fused-ring (bicyclic) bond motifs is 14. The average molecular weight is 1140 g/mol. The lowest BCUT2D eigenvalue weighted by Crippen LogP contribution is -2.91. The van der Waals surface area contributed by atoms with Crippen LogP contribution in [0.2, 0.25) is 44.8 Å². The van der Waals surface area contributed by atoms with E-state index in [4.69, 9.17) is 49.4 Å². The molecule has 402 valence electrons. The maximum absolute atomic E-state index is 9.12. The second kappa shape index (κ2) is 15.9. The summed E-state index contributed by atoms with van der Waals surface area (Å²) in [5.74, 6) is 7.97. The van der Waals surface area contributed by atoms with Crippen LogP contribution in [0.4, 0.5) is 0 Å². The van der Waals surface area contributed by atoms with Crippen LogP contribution in [0.3, 0.4) is 0 Å². The quantitative estimate of drug-likeness (QED) is 0.194. The summed E-state index contributed by atoms with van der Waals surface area (Å²) in [6.45, 7) is 2.34. The second-order valence-corrected chi connectivity index (χ2v) is 55.5. The highest BCUT2D eigenvalue weighted by Gasteiger charge is 2.91. The van der Waals surface area contributed by atoms with Crippen LogP contribution in [0.15, 0.2) is 0 Å². The van der Waals surface area contributed by atoms with E-state index < -0.39 is 70.4 Å². The van der Waals surface area contributed by atoms with Gasteiger partial charge in [0, 0.05) is 44.8 Å². The first-order chi connectivity index (χ1) is 35.5. The van der Waals surface area contributed by atoms with Crippen molar-refractivity contribution in [2.75, 3.05) is 0 Å². The Morgan fingerprint density at radius 1 is 0.247 bits per heavy atom. The van der Waals surface area contributed by atoms with E-state index in [1.54, 1.807) is 0 Å². The fourth-order valence-corrected chi connectivity index (χ4v) is 81.5. The Bertz CT molecular complexity index is 2070. The Morgan fingerprint density at radius 2 is 0.438 bits per heavy atom. The molecule has 6 aliphatic heterocycles. The van der Waals surface area contributed by atoms with Crippen molar-refractivity contribution in [3.05, 3.63) is 0 Å². The highest BCUT2D eigenvalue weighted by molar-refractivity contribution is 7.04. The minimum Gasteiger partial charge on any atom is -0.373 e. The van der Waals surface area contributed by atoms with Gasteiger partial charge in [0.2, 0.25) is 0 Å². The molecule has 14 saturated carbocycles. The molecule has 0 aromatic heterocycles. The van der Waals surface area contributed by atoms with Gasteiger partial charge in [0.05, 0.1) is 0 Å². The van der Waals surface area contributed by atoms with Crippen molar-refractivity contribution in [2.24, 2.45) is 82.9 Å². The lowest BCUT2D eigenvalue weighted by Gasteiger charge is -2.68. The van der Waals surface area contributed by atoms with E-state index in [0.717, 1.165) is 57.8 Å². The van der Waals surface area contributed by atoms with Gasteiger partial charge >= 0.3 is 70.4 Å². The van der Waals surface area contributed by atoms with Gasteiger partial charge in [-0.05, 0) is 224 Å². The molecule has 20 heteroatoms. The van der Waals surface area contributed by atoms with Gasteiger partial charge in [-0.3, -0.25) is 0 Å². The standard InChI is InChI=1S/C53H86O12Si8/c1-2-3-18-66-54-67(47-26-33-4-11-40(47)19-33)57-70(50-29-36-7-14-43(50)22-36)59-68(55-66,48-27-34-5-12-41(48)20-34)61-72(52-31-38-9-16-45(52)24-38)62-69(56-66,49-28-35-6-13-42(49)21-35)60-71(58-67,51-30-37-8-15-44(51)23-37)64-73(63-70,65-72)53-32-39-10-17-46(53)25-39/h33-53H,2-32H2,1H3. The van der Waals surface area contributed by atoms with Crippen molar-refractivity contribution in [3.63, 3.8) is 0 Å². The Kier molecular flexibility index (Phi) is 10.2. The number of hydrogen-bond donors (Lipinski definition) is 0. The predicted molar refractivity (Wildman–Crippen MR) is 283 cm³/mol. The van der Waals surface area contributed by atoms with E-state index in [0.29, 0.717) is 88.9 Å². The zero-order chi connectivity index (χ0) is 47.5. The van der Waals surface area contributed by atoms with E-state index >= 15 is 0 Å². The van der Waals surface area contributed by atoms with Crippen molar-refractivity contribution in [1.82, 2.24) is 0 Å². The molecule has 20 aliphatic rings. The summed E-state index contributed by atoms with van der Waals surface area (Å²) in [4.78, 5) is 0. The summed E-state index contributed by atoms with van der Waals surface area (Å²) in [5.41, 5.74) is 0.918. The van der Waals surface area contributed by atoms with Gasteiger partial charge in [0.15, 0.2) is 0 Å². The molecule has 73 heavy (non-hydrogen) atoms. The third-order valence-corrected chi connectivity index (χ3v) is 66.5. The van der Waals surface area contributed by atoms with Gasteiger partial charge in [0.1, 0.15) is 0 Å². The minimum absolute atomic E-state index is 0.128. The molecular formula is C53H86O12Si8. The molecule has 6 heterocycles. The van der Waals surface area contributed by atoms with Gasteiger partial charge < -0.3 is 49.4 Å². The average Bonchev–Trinajstić information content (AvgIpc) is 4.21. The van der Waals surface area contributed by atoms with Crippen LogP contribution in [0, 0.1) is 82.9 Å². The fourth-order valence-electron chi connectivity index (χ4n) is 23.8. The highest BCUT2D eigenvalue weighted by Crippen LogP contribution is 2.74. The van der Waals surface area contributed by atoms with Crippen LogP contribution in [0.25, 0.3) is 0 Å². The molecule has 0 spiro atoms. The zero-order valence-electron chi connectivity index (χ0n) is 43.9. The second-order valence-electron chi connectivity index (χ2n) is 30.2. The Labute approximate surface area is 444 Å². The largest absolute Gasteiger partial charge is 0.482 e. The van der Waals surface area contributed by atoms with Crippen molar-refractivity contribution >= 4 is 70.4 Å². The van der Waals surface area contributed by atoms with E-state index in [1.807, 2.05) is 0 Å². The van der Waals surface area contributed by atoms with Crippen molar-refractivity contribution in [2.45, 2.75) is 244 Å². The summed E-state index contributed by atoms with van der Waals surface area (Å²) >= 11 is 0. The molecule has 22 bridgehead atoms. The summed E-state index contributed by atoms with van der Waals surface area (Å²) in [6.07, 6.45) is 35.9. The Morgan fingerprint density at radius 3 is 0.589 bits per heavy atom. The van der Waals surface area contributed by atoms with Gasteiger partial charge in [-0.1, -0.05) is 58.3 Å². The van der Waals surface area contributed by atoms with Gasteiger partial charge in [-0.15, -0.1) is 0 Å². The molecule has 20 fully saturated rings. The third kappa shape index (κ3) is 6.50. The SMILES string of the molecule is CCCC[Si]12O[Si]3(C4CC5CCC4C5)O[Si]4(C5CC6CCC5C6)O[Si](C5CC6CCC5C6)(O1)O[Si]1(C5CC6CCC5C6)O[Si](C5CC6CCC5C6)(O2)O[Si](C2CC5CCC2C5)(O3)O[Si](C2CC3CCC2C3)(O4)O1. The number of hydrogen-bond acceptors (Lipinski definition) is 12. The van der Waals surface area contributed by atoms with Gasteiger partial charge in [0.25, 0.3) is 0 Å². The molecule has 6 saturated heterocycles. The highest BCUT2D eigenvalue weighted by atomic mass is 28.6. The van der Waals surface area contributed by atoms with Gasteiger partial charge in [-0.25, -0.2) is 0 Å². The first-order valence-corrected chi connectivity index (χ1v) is 46.5. The number of unbranched alkanes of at least 4 members (excludes halogenated alkanes) is 1. The first-order valence-electron chi connectivity index (χ1n) is 32.0. The molecule has 0 aromatic carbocycles. The van der Waals surface area contributed by atoms with Crippen LogP contribution in [-0.4, -0.2) is 70.4 Å². The maximum atomic E-state index is 9.12. The molecule has 0 aromatic rings. The fraction of sp³-hybridized carbons (Fsp3) is 1.00. The zero-order valence-corrected chi connectivity index (χ0v) is 51.9. The summed E-state index contributed by atoms with van der Waals surface area (Å²) < 4.78 is 108. The molecule has 21 atom stereocenters. The van der Waals surface area contributed by atoms with Crippen LogP contribution in [0.1, 0.15) is 200 Å². The summed E-state index contributed by atoms with van der Waals surface area (Å²) in [7, 11) is -32.1. The number of rotatable bonds is 10. The van der Waals surface area contributed by atoms with Crippen molar-refractivity contribution in [1.29, 1.82) is 0 Å². The molecule has 14 aliphatic carbocycles. The monoisotopic (exact) mass is 1140 g/mol. The van der Waals surface area contributed by atoms with Crippen LogP contribution in [0.5, 0.6) is 0 Å². The van der Waals surface area contributed by atoms with Crippen LogP contribution < -0.4 is 0 Å². The predicted octanol–water partition coefficient (Wildman–Crippen LogP) is 12.9. The Balaban J connectivity index is 0.928. The molecule has 0 amide bonds. The normalized spacial score (nSPS) is 65.8. The first kappa shape index (κ1) is 46.8.